The SMILES string of the molecule is COc1c(Cl)ccc([PH+](c2ccccc2)c2ccccc2)c1-c1c([PH+](c2ccccc2)c2ccccc2)ccc(Cl)c1OC.[CH3-].[Cl][Ru+2]. The molecule has 0 heterocycles. The molecular weight excluding hydrogens is 770 g/mol. The van der Waals surface area contributed by atoms with Crippen LogP contribution in [0.15, 0.2) is 146 Å². The van der Waals surface area contributed by atoms with Gasteiger partial charge in [0, 0.05) is 0 Å². The van der Waals surface area contributed by atoms with Crippen LogP contribution in [0, 0.1) is 7.43 Å². The molecule has 0 aliphatic heterocycles. The van der Waals surface area contributed by atoms with Crippen LogP contribution in [-0.2, 0) is 17.3 Å². The quantitative estimate of drug-likeness (QED) is 0.0827. The number of hydrogen-bond donors (Lipinski definition) is 0. The number of halogens is 3. The fraction of sp³-hybridized carbons (Fsp3) is 0.0513. The van der Waals surface area contributed by atoms with Gasteiger partial charge < -0.3 is 16.9 Å². The van der Waals surface area contributed by atoms with Crippen molar-refractivity contribution in [1.82, 2.24) is 0 Å². The zero-order chi connectivity index (χ0) is 32.5. The van der Waals surface area contributed by atoms with Crippen molar-refractivity contribution in [1.29, 1.82) is 0 Å². The fourth-order valence-corrected chi connectivity index (χ4v) is 11.8. The molecule has 0 unspecified atom stereocenters. The van der Waals surface area contributed by atoms with Gasteiger partial charge in [0.05, 0.1) is 51.2 Å². The summed E-state index contributed by atoms with van der Waals surface area (Å²) >= 11 is 15.8. The Morgan fingerprint density at radius 1 is 0.426 bits per heavy atom. The molecule has 0 bridgehead atoms. The van der Waals surface area contributed by atoms with Gasteiger partial charge in [-0.05, 0) is 72.8 Å². The predicted octanol–water partition coefficient (Wildman–Crippen LogP) is 8.80. The van der Waals surface area contributed by atoms with Gasteiger partial charge in [-0.1, -0.05) is 96.0 Å². The molecule has 0 spiro atoms. The molecule has 8 heteroatoms. The Kier molecular flexibility index (Phi) is 14.3. The standard InChI is InChI=1S/C38H30Cl2O2P2.CH3.ClH.Ru/c1-41-37-31(39)23-25-33(43(27-15-7-3-8-16-27)28-17-9-4-10-18-28)35(37)36-34(26-24-32(40)38(36)42-2)44(29-19-11-5-12-20-29)30-21-13-6-14-22-30;;;/h3-26H,1-2H3;1H3;1H;/q;-1;;+3/p+1. The Labute approximate surface area is 305 Å². The minimum absolute atomic E-state index is 0. The van der Waals surface area contributed by atoms with Gasteiger partial charge in [0.25, 0.3) is 0 Å². The van der Waals surface area contributed by atoms with Crippen LogP contribution in [-0.4, -0.2) is 14.2 Å². The summed E-state index contributed by atoms with van der Waals surface area (Å²) in [6.07, 6.45) is 0. The second-order valence-corrected chi connectivity index (χ2v) is 15.9. The number of rotatable bonds is 9. The molecule has 0 aliphatic carbocycles. The molecule has 0 saturated heterocycles. The summed E-state index contributed by atoms with van der Waals surface area (Å²) in [4.78, 5) is 0. The maximum atomic E-state index is 6.97. The topological polar surface area (TPSA) is 18.5 Å². The Balaban J connectivity index is 0.00000164. The van der Waals surface area contributed by atoms with Crippen molar-refractivity contribution < 1.29 is 26.8 Å². The van der Waals surface area contributed by atoms with Crippen molar-refractivity contribution in [2.45, 2.75) is 0 Å². The molecule has 0 amide bonds. The first kappa shape index (κ1) is 37.1. The third-order valence-electron chi connectivity index (χ3n) is 7.67. The summed E-state index contributed by atoms with van der Waals surface area (Å²) in [5, 5.41) is 8.41. The van der Waals surface area contributed by atoms with Crippen LogP contribution < -0.4 is 41.3 Å². The van der Waals surface area contributed by atoms with Crippen LogP contribution in [0.4, 0.5) is 0 Å². The van der Waals surface area contributed by atoms with Gasteiger partial charge in [0.15, 0.2) is 0 Å². The summed E-state index contributed by atoms with van der Waals surface area (Å²) in [6.45, 7) is 0. The second-order valence-electron chi connectivity index (χ2n) is 10.2. The molecule has 2 nitrogen and oxygen atoms in total. The van der Waals surface area contributed by atoms with E-state index in [4.69, 9.17) is 32.7 Å². The zero-order valence-corrected chi connectivity index (χ0v) is 32.2. The molecule has 0 aliphatic rings. The summed E-state index contributed by atoms with van der Waals surface area (Å²) in [5.74, 6) is 1.23. The third kappa shape index (κ3) is 8.12. The van der Waals surface area contributed by atoms with Gasteiger partial charge in [0.1, 0.15) is 43.3 Å². The second kappa shape index (κ2) is 18.2. The molecule has 239 valence electrons. The molecule has 0 atom stereocenters. The molecular formula is C39H35Cl3O2P2Ru+3. The van der Waals surface area contributed by atoms with E-state index in [1.165, 1.54) is 21.2 Å². The van der Waals surface area contributed by atoms with E-state index in [1.807, 2.05) is 29.4 Å². The Bertz CT molecular complexity index is 1650. The van der Waals surface area contributed by atoms with Crippen LogP contribution in [0.3, 0.4) is 0 Å². The van der Waals surface area contributed by atoms with Gasteiger partial charge >= 0.3 is 27.0 Å². The van der Waals surface area contributed by atoms with E-state index < -0.39 is 15.8 Å². The van der Waals surface area contributed by atoms with Crippen molar-refractivity contribution in [3.05, 3.63) is 163 Å². The Hall–Kier alpha value is -2.73. The van der Waals surface area contributed by atoms with Crippen LogP contribution in [0.25, 0.3) is 11.1 Å². The van der Waals surface area contributed by atoms with Gasteiger partial charge in [-0.2, -0.15) is 0 Å². The van der Waals surface area contributed by atoms with Crippen LogP contribution in [0.2, 0.25) is 10.0 Å². The van der Waals surface area contributed by atoms with E-state index in [0.717, 1.165) is 21.7 Å². The molecule has 0 fully saturated rings. The van der Waals surface area contributed by atoms with Crippen LogP contribution >= 0.6 is 48.7 Å². The monoisotopic (exact) mass is 804 g/mol. The summed E-state index contributed by atoms with van der Waals surface area (Å²) in [6, 6.07) is 51.0. The number of ether oxygens (including phenoxy) is 2. The average molecular weight is 805 g/mol. The van der Waals surface area contributed by atoms with E-state index in [1.54, 1.807) is 14.2 Å². The van der Waals surface area contributed by atoms with E-state index in [2.05, 4.69) is 143 Å². The van der Waals surface area contributed by atoms with E-state index in [9.17, 15) is 0 Å². The predicted molar refractivity (Wildman–Crippen MR) is 207 cm³/mol. The molecule has 6 aromatic carbocycles. The van der Waals surface area contributed by atoms with Gasteiger partial charge in [-0.25, -0.2) is 0 Å². The van der Waals surface area contributed by atoms with Gasteiger partial charge in [-0.15, -0.1) is 0 Å². The van der Waals surface area contributed by atoms with Crippen molar-refractivity contribution in [2.75, 3.05) is 14.2 Å². The molecule has 0 N–H and O–H groups in total. The van der Waals surface area contributed by atoms with E-state index in [0.29, 0.717) is 21.5 Å². The molecule has 6 rings (SSSR count). The molecule has 0 aromatic heterocycles. The van der Waals surface area contributed by atoms with Crippen molar-refractivity contribution >= 4 is 80.6 Å². The molecule has 0 saturated carbocycles. The summed E-state index contributed by atoms with van der Waals surface area (Å²) < 4.78 is 12.4. The fourth-order valence-electron chi connectivity index (χ4n) is 5.80. The normalized spacial score (nSPS) is 10.5. The van der Waals surface area contributed by atoms with Gasteiger partial charge in [0.2, 0.25) is 0 Å². The molecule has 0 radical (unpaired) electrons. The van der Waals surface area contributed by atoms with Crippen LogP contribution in [0.5, 0.6) is 11.5 Å². The van der Waals surface area contributed by atoms with Crippen molar-refractivity contribution in [3.63, 3.8) is 0 Å². The summed E-state index contributed by atoms with van der Waals surface area (Å²) in [7, 11) is 4.86. The van der Waals surface area contributed by atoms with E-state index >= 15 is 0 Å². The first-order valence-electron chi connectivity index (χ1n) is 14.5. The van der Waals surface area contributed by atoms with E-state index in [-0.39, 0.29) is 7.43 Å². The van der Waals surface area contributed by atoms with Crippen molar-refractivity contribution in [3.8, 4) is 22.6 Å². The average Bonchev–Trinajstić information content (AvgIpc) is 3.12. The number of methoxy groups -OCH3 is 2. The number of hydrogen-bond acceptors (Lipinski definition) is 2. The maximum absolute atomic E-state index is 6.97. The summed E-state index contributed by atoms with van der Waals surface area (Å²) in [5.41, 5.74) is 1.84. The zero-order valence-electron chi connectivity index (χ0n) is 26.2. The third-order valence-corrected chi connectivity index (χ3v) is 13.8. The van der Waals surface area contributed by atoms with Crippen molar-refractivity contribution in [2.24, 2.45) is 0 Å². The molecule has 47 heavy (non-hydrogen) atoms. The molecule has 6 aromatic rings. The first-order valence-corrected chi connectivity index (χ1v) is 20.4. The minimum atomic E-state index is -1.54. The number of benzene rings is 6. The Morgan fingerprint density at radius 3 is 0.915 bits per heavy atom. The van der Waals surface area contributed by atoms with Gasteiger partial charge in [-0.3, -0.25) is 0 Å². The first-order chi connectivity index (χ1) is 22.6. The Morgan fingerprint density at radius 2 is 0.681 bits per heavy atom. The van der Waals surface area contributed by atoms with Crippen LogP contribution in [0.1, 0.15) is 0 Å².